The highest BCUT2D eigenvalue weighted by atomic mass is 19.4. The number of unbranched alkanes of at least 4 members (excludes halogenated alkanes) is 1. The predicted molar refractivity (Wildman–Crippen MR) is 70.4 cm³/mol. The molecule has 0 radical (unpaired) electrons. The minimum atomic E-state index is -4.13. The minimum absolute atomic E-state index is 0.0297. The van der Waals surface area contributed by atoms with Crippen LogP contribution in [0.3, 0.4) is 0 Å². The number of hydrogen-bond acceptors (Lipinski definition) is 3. The molecule has 1 saturated heterocycles. The van der Waals surface area contributed by atoms with Gasteiger partial charge >= 0.3 is 6.18 Å². The summed E-state index contributed by atoms with van der Waals surface area (Å²) >= 11 is 0. The molecule has 2 fully saturated rings. The largest absolute Gasteiger partial charge is 0.389 e. The molecule has 0 aromatic rings. The Hall–Kier alpha value is -1.11. The van der Waals surface area contributed by atoms with Crippen LogP contribution in [0, 0.1) is 0 Å². The molecule has 120 valence electrons. The van der Waals surface area contributed by atoms with Crippen molar-refractivity contribution < 1.29 is 22.8 Å². The number of nitrogens with zero attached hydrogens (tertiary/aromatic N) is 1. The Balaban J connectivity index is 1.72. The molecule has 7 heteroatoms. The van der Waals surface area contributed by atoms with E-state index in [0.717, 1.165) is 25.7 Å². The van der Waals surface area contributed by atoms with Crippen LogP contribution in [0.1, 0.15) is 51.4 Å². The molecule has 1 aliphatic heterocycles. The summed E-state index contributed by atoms with van der Waals surface area (Å²) in [6, 6.07) is -0.522. The third-order valence-electron chi connectivity index (χ3n) is 4.15. The van der Waals surface area contributed by atoms with Crippen LogP contribution >= 0.6 is 0 Å². The van der Waals surface area contributed by atoms with Crippen LogP contribution < -0.4 is 5.32 Å². The highest BCUT2D eigenvalue weighted by Crippen LogP contribution is 2.28. The predicted octanol–water partition coefficient (Wildman–Crippen LogP) is 2.38. The van der Waals surface area contributed by atoms with Crippen molar-refractivity contribution in [3.05, 3.63) is 0 Å². The molecule has 0 aromatic carbocycles. The van der Waals surface area contributed by atoms with E-state index in [2.05, 4.69) is 5.32 Å². The first-order valence-electron chi connectivity index (χ1n) is 7.54. The molecular weight excluding hydrogens is 285 g/mol. The van der Waals surface area contributed by atoms with Crippen molar-refractivity contribution in [1.29, 1.82) is 0 Å². The van der Waals surface area contributed by atoms with Gasteiger partial charge in [0.15, 0.2) is 0 Å². The smallest absolute Gasteiger partial charge is 0.305 e. The van der Waals surface area contributed by atoms with Crippen molar-refractivity contribution >= 4 is 11.8 Å². The third-order valence-corrected chi connectivity index (χ3v) is 4.15. The number of imide groups is 1. The Bertz CT molecular complexity index is 392. The molecule has 2 aliphatic rings. The zero-order valence-corrected chi connectivity index (χ0v) is 11.9. The van der Waals surface area contributed by atoms with E-state index >= 15 is 0 Å². The molecule has 2 amide bonds. The monoisotopic (exact) mass is 306 g/mol. The van der Waals surface area contributed by atoms with Crippen molar-refractivity contribution in [2.75, 3.05) is 6.54 Å². The van der Waals surface area contributed by atoms with E-state index in [1.807, 2.05) is 0 Å². The SMILES string of the molecule is O=C1CC(NCCCCC(F)(F)F)C(=O)N1C1CCCC1. The summed E-state index contributed by atoms with van der Waals surface area (Å²) in [5.74, 6) is -0.359. The summed E-state index contributed by atoms with van der Waals surface area (Å²) in [6.45, 7) is 0.332. The second kappa shape index (κ2) is 6.77. The molecule has 21 heavy (non-hydrogen) atoms. The molecule has 1 aliphatic carbocycles. The molecule has 1 unspecified atom stereocenters. The van der Waals surface area contributed by atoms with Gasteiger partial charge in [-0.1, -0.05) is 12.8 Å². The highest BCUT2D eigenvalue weighted by molar-refractivity contribution is 6.05. The lowest BCUT2D eigenvalue weighted by atomic mass is 10.2. The zero-order chi connectivity index (χ0) is 15.5. The van der Waals surface area contributed by atoms with Crippen molar-refractivity contribution in [2.45, 2.75) is 69.6 Å². The number of hydrogen-bond donors (Lipinski definition) is 1. The molecule has 0 bridgehead atoms. The number of likely N-dealkylation sites (tertiary alicyclic amines) is 1. The number of rotatable bonds is 6. The summed E-state index contributed by atoms with van der Waals surface area (Å²) < 4.78 is 36.0. The minimum Gasteiger partial charge on any atom is -0.305 e. The first kappa shape index (κ1) is 16.3. The van der Waals surface area contributed by atoms with Gasteiger partial charge in [-0.15, -0.1) is 0 Å². The maximum Gasteiger partial charge on any atom is 0.389 e. The highest BCUT2D eigenvalue weighted by Gasteiger charge is 2.42. The molecule has 4 nitrogen and oxygen atoms in total. The number of carbonyl (C=O) groups is 2. The van der Waals surface area contributed by atoms with E-state index in [4.69, 9.17) is 0 Å². The molecule has 1 atom stereocenters. The van der Waals surface area contributed by atoms with Gasteiger partial charge in [0.25, 0.3) is 0 Å². The van der Waals surface area contributed by atoms with Gasteiger partial charge in [-0.3, -0.25) is 14.5 Å². The Labute approximate surface area is 122 Å². The Morgan fingerprint density at radius 3 is 2.43 bits per heavy atom. The van der Waals surface area contributed by atoms with E-state index in [1.54, 1.807) is 0 Å². The topological polar surface area (TPSA) is 49.4 Å². The van der Waals surface area contributed by atoms with Crippen molar-refractivity contribution in [1.82, 2.24) is 10.2 Å². The van der Waals surface area contributed by atoms with Crippen LogP contribution in [0.5, 0.6) is 0 Å². The van der Waals surface area contributed by atoms with Gasteiger partial charge in [0.05, 0.1) is 12.5 Å². The van der Waals surface area contributed by atoms with Crippen LogP contribution in [0.4, 0.5) is 13.2 Å². The van der Waals surface area contributed by atoms with Crippen LogP contribution in [0.15, 0.2) is 0 Å². The summed E-state index contributed by atoms with van der Waals surface area (Å²) in [7, 11) is 0. The van der Waals surface area contributed by atoms with Crippen molar-refractivity contribution in [3.63, 3.8) is 0 Å². The molecule has 1 heterocycles. The average molecular weight is 306 g/mol. The standard InChI is InChI=1S/C14H21F3N2O2/c15-14(16,17)7-3-4-8-18-11-9-12(20)19(13(11)21)10-5-1-2-6-10/h10-11,18H,1-9H2. The Kier molecular flexibility index (Phi) is 5.24. The van der Waals surface area contributed by atoms with Gasteiger partial charge in [-0.2, -0.15) is 13.2 Å². The quantitative estimate of drug-likeness (QED) is 0.605. The Morgan fingerprint density at radius 2 is 1.81 bits per heavy atom. The maximum atomic E-state index is 12.2. The number of halogens is 3. The van der Waals surface area contributed by atoms with Crippen LogP contribution in [0.25, 0.3) is 0 Å². The number of alkyl halides is 3. The van der Waals surface area contributed by atoms with E-state index in [9.17, 15) is 22.8 Å². The van der Waals surface area contributed by atoms with Crippen LogP contribution in [-0.2, 0) is 9.59 Å². The number of carbonyl (C=O) groups excluding carboxylic acids is 2. The van der Waals surface area contributed by atoms with Gasteiger partial charge in [-0.25, -0.2) is 0 Å². The second-order valence-corrected chi connectivity index (χ2v) is 5.82. The first-order chi connectivity index (χ1) is 9.88. The maximum absolute atomic E-state index is 12.2. The van der Waals surface area contributed by atoms with Gasteiger partial charge in [0.1, 0.15) is 0 Å². The van der Waals surface area contributed by atoms with Gasteiger partial charge in [0.2, 0.25) is 11.8 Å². The lowest BCUT2D eigenvalue weighted by Crippen LogP contribution is -2.43. The van der Waals surface area contributed by atoms with E-state index < -0.39 is 18.6 Å². The fourth-order valence-electron chi connectivity index (χ4n) is 3.08. The zero-order valence-electron chi connectivity index (χ0n) is 11.9. The van der Waals surface area contributed by atoms with Crippen LogP contribution in [0.2, 0.25) is 0 Å². The van der Waals surface area contributed by atoms with E-state index in [0.29, 0.717) is 13.0 Å². The first-order valence-corrected chi connectivity index (χ1v) is 7.54. The molecule has 0 aromatic heterocycles. The summed E-state index contributed by atoms with van der Waals surface area (Å²) in [6.07, 6.45) is -0.591. The number of nitrogens with one attached hydrogen (secondary N) is 1. The number of amides is 2. The summed E-state index contributed by atoms with van der Waals surface area (Å²) in [5.41, 5.74) is 0. The molecular formula is C14H21F3N2O2. The van der Waals surface area contributed by atoms with Gasteiger partial charge in [-0.05, 0) is 32.2 Å². The normalized spacial score (nSPS) is 24.3. The summed E-state index contributed by atoms with van der Waals surface area (Å²) in [4.78, 5) is 25.5. The van der Waals surface area contributed by atoms with Crippen molar-refractivity contribution in [2.24, 2.45) is 0 Å². The van der Waals surface area contributed by atoms with Crippen LogP contribution in [-0.4, -0.2) is 41.5 Å². The average Bonchev–Trinajstić information content (AvgIpc) is 2.97. The molecule has 0 spiro atoms. The molecule has 2 rings (SSSR count). The lowest BCUT2D eigenvalue weighted by molar-refractivity contribution is -0.141. The van der Waals surface area contributed by atoms with E-state index in [-0.39, 0.29) is 30.7 Å². The summed E-state index contributed by atoms with van der Waals surface area (Å²) in [5, 5.41) is 2.92. The lowest BCUT2D eigenvalue weighted by Gasteiger charge is -2.22. The van der Waals surface area contributed by atoms with Gasteiger partial charge < -0.3 is 5.32 Å². The second-order valence-electron chi connectivity index (χ2n) is 5.82. The fraction of sp³-hybridized carbons (Fsp3) is 0.857. The third kappa shape index (κ3) is 4.43. The Morgan fingerprint density at radius 1 is 1.14 bits per heavy atom. The van der Waals surface area contributed by atoms with Gasteiger partial charge in [0, 0.05) is 12.5 Å². The van der Waals surface area contributed by atoms with Crippen molar-refractivity contribution in [3.8, 4) is 0 Å². The molecule has 1 saturated carbocycles. The van der Waals surface area contributed by atoms with E-state index in [1.165, 1.54) is 4.90 Å². The molecule has 1 N–H and O–H groups in total. The fourth-order valence-corrected chi connectivity index (χ4v) is 3.08.